The van der Waals surface area contributed by atoms with Crippen molar-refractivity contribution in [1.82, 2.24) is 0 Å². The minimum atomic E-state index is -4.30. The van der Waals surface area contributed by atoms with Crippen LogP contribution in [0.25, 0.3) is 0 Å². The molecule has 0 aromatic rings. The van der Waals surface area contributed by atoms with Crippen LogP contribution in [0, 0.1) is 0 Å². The Bertz CT molecular complexity index is 344. The topological polar surface area (TPSA) is 54.4 Å². The Morgan fingerprint density at radius 3 is 2.50 bits per heavy atom. The van der Waals surface area contributed by atoms with E-state index in [4.69, 9.17) is 27.8 Å². The SMILES string of the molecule is O=S(=O)(O)C1(Cl)C=C(Cl)C=CC1. The third-order valence-electron chi connectivity index (χ3n) is 1.46. The highest BCUT2D eigenvalue weighted by Crippen LogP contribution is 2.33. The van der Waals surface area contributed by atoms with Crippen molar-refractivity contribution in [2.75, 3.05) is 0 Å². The quantitative estimate of drug-likeness (QED) is 0.551. The second-order valence-electron chi connectivity index (χ2n) is 2.40. The van der Waals surface area contributed by atoms with Crippen LogP contribution in [0.1, 0.15) is 6.42 Å². The molecule has 0 aromatic heterocycles. The highest BCUT2D eigenvalue weighted by molar-refractivity contribution is 7.88. The molecular formula is C6H6Cl2O3S. The van der Waals surface area contributed by atoms with Gasteiger partial charge in [0.05, 0.1) is 0 Å². The van der Waals surface area contributed by atoms with E-state index in [9.17, 15) is 8.42 Å². The van der Waals surface area contributed by atoms with Gasteiger partial charge in [-0.3, -0.25) is 4.55 Å². The summed E-state index contributed by atoms with van der Waals surface area (Å²) < 4.78 is 28.4. The van der Waals surface area contributed by atoms with Crippen molar-refractivity contribution in [1.29, 1.82) is 0 Å². The predicted octanol–water partition coefficient (Wildman–Crippen LogP) is 1.89. The maximum absolute atomic E-state index is 10.7. The first kappa shape index (κ1) is 10.1. The number of rotatable bonds is 1. The van der Waals surface area contributed by atoms with Crippen LogP contribution in [0.5, 0.6) is 0 Å². The zero-order chi connectivity index (χ0) is 9.41. The maximum Gasteiger partial charge on any atom is 0.288 e. The van der Waals surface area contributed by atoms with Crippen LogP contribution in [0.4, 0.5) is 0 Å². The number of halogens is 2. The lowest BCUT2D eigenvalue weighted by molar-refractivity contribution is 0.468. The summed E-state index contributed by atoms with van der Waals surface area (Å²) >= 11 is 11.1. The Balaban J connectivity index is 3.13. The Hall–Kier alpha value is -0.0300. The Morgan fingerprint density at radius 2 is 2.17 bits per heavy atom. The molecule has 1 rings (SSSR count). The summed E-state index contributed by atoms with van der Waals surface area (Å²) in [5.41, 5.74) is 0. The van der Waals surface area contributed by atoms with Gasteiger partial charge >= 0.3 is 0 Å². The van der Waals surface area contributed by atoms with Crippen molar-refractivity contribution in [2.24, 2.45) is 0 Å². The van der Waals surface area contributed by atoms with Gasteiger partial charge in [-0.2, -0.15) is 8.42 Å². The first-order valence-corrected chi connectivity index (χ1v) is 5.26. The molecule has 0 radical (unpaired) electrons. The summed E-state index contributed by atoms with van der Waals surface area (Å²) in [7, 11) is -4.30. The van der Waals surface area contributed by atoms with Crippen LogP contribution in [-0.4, -0.2) is 17.2 Å². The average Bonchev–Trinajstić information content (AvgIpc) is 1.83. The third kappa shape index (κ3) is 1.82. The van der Waals surface area contributed by atoms with Crippen LogP contribution >= 0.6 is 23.2 Å². The summed E-state index contributed by atoms with van der Waals surface area (Å²) in [6, 6.07) is 0. The first-order chi connectivity index (χ1) is 5.35. The predicted molar refractivity (Wildman–Crippen MR) is 47.8 cm³/mol. The van der Waals surface area contributed by atoms with Crippen LogP contribution < -0.4 is 0 Å². The van der Waals surface area contributed by atoms with Crippen molar-refractivity contribution in [3.05, 3.63) is 23.3 Å². The second-order valence-corrected chi connectivity index (χ2v) is 5.41. The number of hydrogen-bond donors (Lipinski definition) is 1. The molecule has 1 aliphatic rings. The second kappa shape index (κ2) is 3.03. The van der Waals surface area contributed by atoms with Crippen molar-refractivity contribution < 1.29 is 13.0 Å². The van der Waals surface area contributed by atoms with Crippen molar-refractivity contribution >= 4 is 33.3 Å². The Morgan fingerprint density at radius 1 is 1.58 bits per heavy atom. The minimum absolute atomic E-state index is 0.0175. The van der Waals surface area contributed by atoms with E-state index in [0.717, 1.165) is 6.08 Å². The molecule has 0 aliphatic heterocycles. The van der Waals surface area contributed by atoms with Crippen LogP contribution in [-0.2, 0) is 10.1 Å². The molecular weight excluding hydrogens is 223 g/mol. The summed E-state index contributed by atoms with van der Waals surface area (Å²) in [5.74, 6) is 0. The molecule has 0 fully saturated rings. The number of allylic oxidation sites excluding steroid dienone is 3. The lowest BCUT2D eigenvalue weighted by atomic mass is 10.2. The molecule has 12 heavy (non-hydrogen) atoms. The van der Waals surface area contributed by atoms with E-state index in [1.54, 1.807) is 0 Å². The molecule has 0 heterocycles. The molecule has 1 atom stereocenters. The van der Waals surface area contributed by atoms with Crippen LogP contribution in [0.3, 0.4) is 0 Å². The van der Waals surface area contributed by atoms with Crippen molar-refractivity contribution in [3.63, 3.8) is 0 Å². The lowest BCUT2D eigenvalue weighted by Gasteiger charge is -2.20. The van der Waals surface area contributed by atoms with E-state index in [-0.39, 0.29) is 11.5 Å². The molecule has 0 spiro atoms. The Kier molecular flexibility index (Phi) is 2.54. The van der Waals surface area contributed by atoms with Crippen molar-refractivity contribution in [3.8, 4) is 0 Å². The zero-order valence-corrected chi connectivity index (χ0v) is 8.20. The fourth-order valence-corrected chi connectivity index (χ4v) is 2.01. The maximum atomic E-state index is 10.7. The van der Waals surface area contributed by atoms with E-state index in [1.807, 2.05) is 0 Å². The standard InChI is InChI=1S/C6H6Cl2O3S/c7-5-2-1-3-6(8,4-5)12(9,10)11/h1-2,4H,3H2,(H,9,10,11). The van der Waals surface area contributed by atoms with Gasteiger partial charge < -0.3 is 0 Å². The molecule has 0 bridgehead atoms. The molecule has 6 heteroatoms. The summed E-state index contributed by atoms with van der Waals surface area (Å²) in [6.45, 7) is 0. The van der Waals surface area contributed by atoms with Gasteiger partial charge in [-0.25, -0.2) is 0 Å². The summed E-state index contributed by atoms with van der Waals surface area (Å²) in [5, 5.41) is 0.203. The van der Waals surface area contributed by atoms with Gasteiger partial charge in [0.25, 0.3) is 10.1 Å². The van der Waals surface area contributed by atoms with Gasteiger partial charge in [0.2, 0.25) is 0 Å². The fourth-order valence-electron chi connectivity index (χ4n) is 0.825. The average molecular weight is 229 g/mol. The van der Waals surface area contributed by atoms with Crippen LogP contribution in [0.15, 0.2) is 23.3 Å². The molecule has 0 saturated heterocycles. The largest absolute Gasteiger partial charge is 0.288 e. The fraction of sp³-hybridized carbons (Fsp3) is 0.333. The third-order valence-corrected chi connectivity index (χ3v) is 3.68. The van der Waals surface area contributed by atoms with E-state index in [1.165, 1.54) is 12.2 Å². The number of hydrogen-bond acceptors (Lipinski definition) is 2. The molecule has 1 aliphatic carbocycles. The molecule has 0 amide bonds. The Labute approximate surface area is 80.4 Å². The molecule has 1 unspecified atom stereocenters. The normalized spacial score (nSPS) is 30.1. The minimum Gasteiger partial charge on any atom is -0.284 e. The molecule has 0 aromatic carbocycles. The highest BCUT2D eigenvalue weighted by Gasteiger charge is 2.39. The monoisotopic (exact) mass is 228 g/mol. The van der Waals surface area contributed by atoms with E-state index in [2.05, 4.69) is 0 Å². The first-order valence-electron chi connectivity index (χ1n) is 3.06. The van der Waals surface area contributed by atoms with Gasteiger partial charge in [-0.15, -0.1) is 0 Å². The van der Waals surface area contributed by atoms with E-state index >= 15 is 0 Å². The molecule has 0 saturated carbocycles. The zero-order valence-electron chi connectivity index (χ0n) is 5.87. The number of alkyl halides is 1. The van der Waals surface area contributed by atoms with Gasteiger partial charge in [-0.05, 0) is 12.2 Å². The van der Waals surface area contributed by atoms with E-state index in [0.29, 0.717) is 0 Å². The molecule has 1 N–H and O–H groups in total. The van der Waals surface area contributed by atoms with Crippen LogP contribution in [0.2, 0.25) is 0 Å². The highest BCUT2D eigenvalue weighted by atomic mass is 35.5. The summed E-state index contributed by atoms with van der Waals surface area (Å²) in [4.78, 5) is 0. The smallest absolute Gasteiger partial charge is 0.284 e. The molecule has 68 valence electrons. The van der Waals surface area contributed by atoms with Gasteiger partial charge in [-0.1, -0.05) is 29.3 Å². The van der Waals surface area contributed by atoms with Gasteiger partial charge in [0, 0.05) is 11.5 Å². The van der Waals surface area contributed by atoms with Gasteiger partial charge in [0.1, 0.15) is 0 Å². The van der Waals surface area contributed by atoms with Crippen molar-refractivity contribution in [2.45, 2.75) is 10.6 Å². The molecule has 3 nitrogen and oxygen atoms in total. The summed E-state index contributed by atoms with van der Waals surface area (Å²) in [6.07, 6.45) is 4.13. The van der Waals surface area contributed by atoms with Gasteiger partial charge in [0.15, 0.2) is 4.21 Å². The lowest BCUT2D eigenvalue weighted by Crippen LogP contribution is -2.30. The van der Waals surface area contributed by atoms with E-state index < -0.39 is 14.3 Å².